The van der Waals surface area contributed by atoms with Crippen LogP contribution in [0.2, 0.25) is 0 Å². The molecule has 1 amide bonds. The van der Waals surface area contributed by atoms with E-state index >= 15 is 0 Å². The van der Waals surface area contributed by atoms with Crippen molar-refractivity contribution >= 4 is 11.7 Å². The molecule has 0 radical (unpaired) electrons. The van der Waals surface area contributed by atoms with Crippen LogP contribution < -0.4 is 5.32 Å². The van der Waals surface area contributed by atoms with Gasteiger partial charge in [0.15, 0.2) is 6.04 Å². The predicted molar refractivity (Wildman–Crippen MR) is 101 cm³/mol. The second-order valence-corrected chi connectivity index (χ2v) is 8.26. The highest BCUT2D eigenvalue weighted by atomic mass is 19.4. The van der Waals surface area contributed by atoms with Gasteiger partial charge >= 0.3 is 6.18 Å². The van der Waals surface area contributed by atoms with Gasteiger partial charge in [-0.3, -0.25) is 9.48 Å². The average Bonchev–Trinajstić information content (AvgIpc) is 3.37. The van der Waals surface area contributed by atoms with Crippen molar-refractivity contribution in [3.8, 4) is 0 Å². The van der Waals surface area contributed by atoms with Crippen LogP contribution in [-0.4, -0.2) is 55.7 Å². The first-order valence-electron chi connectivity index (χ1n) is 9.85. The summed E-state index contributed by atoms with van der Waals surface area (Å²) in [4.78, 5) is 14.4. The lowest BCUT2D eigenvalue weighted by Gasteiger charge is -2.35. The minimum absolute atomic E-state index is 0.0367. The molecule has 2 aliphatic heterocycles. The third kappa shape index (κ3) is 3.60. The maximum atomic E-state index is 13.7. The van der Waals surface area contributed by atoms with Crippen LogP contribution in [0.5, 0.6) is 0 Å². The van der Waals surface area contributed by atoms with Gasteiger partial charge in [-0.15, -0.1) is 0 Å². The summed E-state index contributed by atoms with van der Waals surface area (Å²) in [7, 11) is 1.71. The molecule has 7 nitrogen and oxygen atoms in total. The second kappa shape index (κ2) is 7.07. The first-order chi connectivity index (χ1) is 13.6. The van der Waals surface area contributed by atoms with Crippen LogP contribution in [0.15, 0.2) is 18.3 Å². The molecular weight excluding hydrogens is 385 g/mol. The summed E-state index contributed by atoms with van der Waals surface area (Å²) in [6.07, 6.45) is -2.15. The molecule has 0 bridgehead atoms. The molecule has 29 heavy (non-hydrogen) atoms. The molecule has 0 aliphatic carbocycles. The van der Waals surface area contributed by atoms with Crippen LogP contribution in [-0.2, 0) is 7.05 Å². The summed E-state index contributed by atoms with van der Waals surface area (Å²) in [5.41, 5.74) is 1.10. The number of fused-ring (bicyclic) bond motifs is 1. The predicted octanol–water partition coefficient (Wildman–Crippen LogP) is 3.19. The number of carbonyl (C=O) groups excluding carboxylic acids is 1. The Morgan fingerprint density at radius 1 is 1.34 bits per heavy atom. The van der Waals surface area contributed by atoms with E-state index in [4.69, 9.17) is 0 Å². The van der Waals surface area contributed by atoms with Crippen molar-refractivity contribution in [1.82, 2.24) is 24.5 Å². The highest BCUT2D eigenvalue weighted by Crippen LogP contribution is 2.42. The summed E-state index contributed by atoms with van der Waals surface area (Å²) in [6.45, 7) is 4.81. The molecule has 1 fully saturated rings. The molecule has 158 valence electrons. The summed E-state index contributed by atoms with van der Waals surface area (Å²) < 4.78 is 43.6. The monoisotopic (exact) mass is 410 g/mol. The zero-order valence-electron chi connectivity index (χ0n) is 16.6. The number of amides is 1. The lowest BCUT2D eigenvalue weighted by atomic mass is 9.94. The Hall–Kier alpha value is -2.52. The molecule has 4 heterocycles. The van der Waals surface area contributed by atoms with Crippen molar-refractivity contribution in [2.45, 2.75) is 50.9 Å². The highest BCUT2D eigenvalue weighted by molar-refractivity contribution is 5.92. The van der Waals surface area contributed by atoms with E-state index in [9.17, 15) is 18.0 Å². The fraction of sp³-hybridized carbons (Fsp3) is 0.632. The van der Waals surface area contributed by atoms with E-state index in [2.05, 4.69) is 15.5 Å². The smallest absolute Gasteiger partial charge is 0.367 e. The minimum Gasteiger partial charge on any atom is -0.367 e. The van der Waals surface area contributed by atoms with E-state index in [1.165, 1.54) is 4.68 Å². The van der Waals surface area contributed by atoms with E-state index in [0.717, 1.165) is 4.68 Å². The lowest BCUT2D eigenvalue weighted by Crippen LogP contribution is -2.41. The van der Waals surface area contributed by atoms with Gasteiger partial charge < -0.3 is 10.2 Å². The normalized spacial score (nSPS) is 24.7. The van der Waals surface area contributed by atoms with Crippen LogP contribution in [0.25, 0.3) is 0 Å². The van der Waals surface area contributed by atoms with E-state index in [1.54, 1.807) is 30.3 Å². The number of rotatable bonds is 3. The number of carbonyl (C=O) groups is 1. The fourth-order valence-electron chi connectivity index (χ4n) is 4.19. The second-order valence-electron chi connectivity index (χ2n) is 8.26. The van der Waals surface area contributed by atoms with Gasteiger partial charge in [0.05, 0.1) is 5.69 Å². The van der Waals surface area contributed by atoms with Gasteiger partial charge in [-0.25, -0.2) is 4.68 Å². The van der Waals surface area contributed by atoms with Gasteiger partial charge in [-0.2, -0.15) is 23.4 Å². The number of aryl methyl sites for hydroxylation is 1. The third-order valence-corrected chi connectivity index (χ3v) is 5.98. The van der Waals surface area contributed by atoms with E-state index in [0.29, 0.717) is 36.7 Å². The lowest BCUT2D eigenvalue weighted by molar-refractivity contribution is -0.174. The maximum absolute atomic E-state index is 13.7. The molecule has 1 N–H and O–H groups in total. The average molecular weight is 410 g/mol. The van der Waals surface area contributed by atoms with Crippen LogP contribution in [0.1, 0.15) is 54.8 Å². The number of halogens is 3. The van der Waals surface area contributed by atoms with E-state index < -0.39 is 12.2 Å². The van der Waals surface area contributed by atoms with Crippen LogP contribution in [0, 0.1) is 5.92 Å². The molecule has 4 rings (SSSR count). The van der Waals surface area contributed by atoms with Gasteiger partial charge in [0, 0.05) is 44.4 Å². The van der Waals surface area contributed by atoms with Crippen molar-refractivity contribution < 1.29 is 18.0 Å². The number of likely N-dealkylation sites (tertiary alicyclic amines) is 1. The molecule has 0 saturated carbocycles. The van der Waals surface area contributed by atoms with Gasteiger partial charge in [-0.1, -0.05) is 13.8 Å². The van der Waals surface area contributed by atoms with E-state index in [-0.39, 0.29) is 30.2 Å². The topological polar surface area (TPSA) is 68.0 Å². The molecule has 0 aromatic carbocycles. The first kappa shape index (κ1) is 19.8. The Morgan fingerprint density at radius 2 is 2.10 bits per heavy atom. The third-order valence-electron chi connectivity index (χ3n) is 5.98. The van der Waals surface area contributed by atoms with Crippen LogP contribution in [0.3, 0.4) is 0 Å². The zero-order valence-corrected chi connectivity index (χ0v) is 16.6. The van der Waals surface area contributed by atoms with E-state index in [1.807, 2.05) is 13.8 Å². The molecule has 1 saturated heterocycles. The highest BCUT2D eigenvalue weighted by Gasteiger charge is 2.47. The molecule has 2 aromatic heterocycles. The summed E-state index contributed by atoms with van der Waals surface area (Å²) in [5, 5.41) is 11.6. The number of anilines is 1. The zero-order chi connectivity index (χ0) is 20.9. The minimum atomic E-state index is -4.36. The Balaban J connectivity index is 1.55. The first-order valence-corrected chi connectivity index (χ1v) is 9.85. The number of aromatic nitrogens is 4. The number of alkyl halides is 3. The Kier molecular flexibility index (Phi) is 4.82. The molecule has 3 atom stereocenters. The number of hydrogen-bond donors (Lipinski definition) is 1. The van der Waals surface area contributed by atoms with Gasteiger partial charge in [0.25, 0.3) is 5.91 Å². The standard InChI is InChI=1S/C19H25F3N6O/c1-11(2)13-8-16(19(20,21)22)28-17(24-13)9-14(25-28)12-5-7-27(10-12)18(29)15-4-6-23-26(15)3/h4,6,9,11-13,16,24H,5,7-8,10H2,1-3H3/t12?,13-,16+/m0/s1. The Morgan fingerprint density at radius 3 is 2.72 bits per heavy atom. The van der Waals surface area contributed by atoms with Gasteiger partial charge in [-0.05, 0) is 24.8 Å². The largest absolute Gasteiger partial charge is 0.410 e. The molecular formula is C19H25F3N6O. The SMILES string of the molecule is CC(C)[C@@H]1C[C@H](C(F)(F)F)n2nc(C3CCN(C(=O)c4ccnn4C)C3)cc2N1. The summed E-state index contributed by atoms with van der Waals surface area (Å²) >= 11 is 0. The molecule has 10 heteroatoms. The van der Waals surface area contributed by atoms with Crippen LogP contribution in [0.4, 0.5) is 19.0 Å². The Labute approximate surface area is 166 Å². The van der Waals surface area contributed by atoms with Crippen molar-refractivity contribution in [3.63, 3.8) is 0 Å². The van der Waals surface area contributed by atoms with Gasteiger partial charge in [0.2, 0.25) is 0 Å². The quantitative estimate of drug-likeness (QED) is 0.844. The Bertz CT molecular complexity index is 902. The van der Waals surface area contributed by atoms with Crippen molar-refractivity contribution in [2.75, 3.05) is 18.4 Å². The number of nitrogens with one attached hydrogen (secondary N) is 1. The van der Waals surface area contributed by atoms with Crippen molar-refractivity contribution in [3.05, 3.63) is 29.7 Å². The molecule has 1 unspecified atom stereocenters. The fourth-order valence-corrected chi connectivity index (χ4v) is 4.19. The van der Waals surface area contributed by atoms with Crippen molar-refractivity contribution in [1.29, 1.82) is 0 Å². The van der Waals surface area contributed by atoms with Gasteiger partial charge in [0.1, 0.15) is 11.5 Å². The molecule has 0 spiro atoms. The summed E-state index contributed by atoms with van der Waals surface area (Å²) in [5.74, 6) is 0.273. The maximum Gasteiger partial charge on any atom is 0.410 e. The summed E-state index contributed by atoms with van der Waals surface area (Å²) in [6, 6.07) is 1.49. The molecule has 2 aromatic rings. The van der Waals surface area contributed by atoms with Crippen molar-refractivity contribution in [2.24, 2.45) is 13.0 Å². The molecule has 2 aliphatic rings. The van der Waals surface area contributed by atoms with Crippen LogP contribution >= 0.6 is 0 Å². The number of hydrogen-bond acceptors (Lipinski definition) is 4. The number of nitrogens with zero attached hydrogens (tertiary/aromatic N) is 5.